The Hall–Kier alpha value is -2.40. The van der Waals surface area contributed by atoms with Crippen LogP contribution in [0.2, 0.25) is 10.0 Å². The molecular formula is C21H28Cl2N4O5. The fourth-order valence-corrected chi connectivity index (χ4v) is 3.50. The summed E-state index contributed by atoms with van der Waals surface area (Å²) in [6.45, 7) is 3.61. The highest BCUT2D eigenvalue weighted by Crippen LogP contribution is 2.23. The second kappa shape index (κ2) is 13.2. The van der Waals surface area contributed by atoms with Crippen molar-refractivity contribution < 1.29 is 25.3 Å². The van der Waals surface area contributed by atoms with E-state index in [-0.39, 0.29) is 23.1 Å². The van der Waals surface area contributed by atoms with Gasteiger partial charge in [-0.2, -0.15) is 0 Å². The van der Waals surface area contributed by atoms with Crippen LogP contribution in [0, 0.1) is 0 Å². The highest BCUT2D eigenvalue weighted by molar-refractivity contribution is 6.42. The molecule has 0 saturated carbocycles. The molecule has 1 fully saturated rings. The predicted molar refractivity (Wildman–Crippen MR) is 124 cm³/mol. The van der Waals surface area contributed by atoms with E-state index in [2.05, 4.69) is 15.5 Å². The Bertz CT molecular complexity index is 898. The van der Waals surface area contributed by atoms with E-state index in [4.69, 9.17) is 33.7 Å². The number of nitrogens with zero attached hydrogens (tertiary/aromatic N) is 1. The average Bonchev–Trinajstić information content (AvgIpc) is 2.74. The molecule has 0 aromatic heterocycles. The normalized spacial score (nSPS) is 15.8. The minimum atomic E-state index is -0.479. The van der Waals surface area contributed by atoms with Gasteiger partial charge in [-0.05, 0) is 35.4 Å². The second-order valence-electron chi connectivity index (χ2n) is 7.10. The maximum atomic E-state index is 12.1. The molecule has 0 spiro atoms. The van der Waals surface area contributed by atoms with E-state index in [0.29, 0.717) is 41.8 Å². The van der Waals surface area contributed by atoms with Crippen molar-refractivity contribution in [3.63, 3.8) is 0 Å². The number of ether oxygens (including phenoxy) is 1. The van der Waals surface area contributed by atoms with E-state index in [9.17, 15) is 9.59 Å². The van der Waals surface area contributed by atoms with Gasteiger partial charge < -0.3 is 32.1 Å². The quantitative estimate of drug-likeness (QED) is 0.535. The third-order valence-corrected chi connectivity index (χ3v) is 5.53. The van der Waals surface area contributed by atoms with E-state index in [1.54, 1.807) is 30.3 Å². The number of carbonyl (C=O) groups is 2. The minimum Gasteiger partial charge on any atom is -0.412 e. The van der Waals surface area contributed by atoms with Crippen molar-refractivity contribution >= 4 is 35.1 Å². The highest BCUT2D eigenvalue weighted by Gasteiger charge is 2.21. The number of carbonyl (C=O) groups excluding carboxylic acids is 2. The molecule has 3 rings (SSSR count). The van der Waals surface area contributed by atoms with Crippen LogP contribution >= 0.6 is 23.2 Å². The van der Waals surface area contributed by atoms with Gasteiger partial charge in [0.25, 0.3) is 0 Å². The first-order valence-corrected chi connectivity index (χ1v) is 10.3. The molecule has 176 valence electrons. The Balaban J connectivity index is 0.00000256. The van der Waals surface area contributed by atoms with Crippen LogP contribution in [-0.2, 0) is 17.8 Å². The summed E-state index contributed by atoms with van der Waals surface area (Å²) in [5.41, 5.74) is 7.60. The zero-order chi connectivity index (χ0) is 21.5. The van der Waals surface area contributed by atoms with Crippen molar-refractivity contribution in [3.05, 3.63) is 69.2 Å². The fraction of sp³-hybridized carbons (Fsp3) is 0.333. The van der Waals surface area contributed by atoms with E-state index < -0.39 is 5.91 Å². The molecule has 1 saturated heterocycles. The van der Waals surface area contributed by atoms with Gasteiger partial charge in [0.2, 0.25) is 5.91 Å². The van der Waals surface area contributed by atoms with E-state index in [1.807, 2.05) is 12.1 Å². The van der Waals surface area contributed by atoms with E-state index in [1.165, 1.54) is 0 Å². The molecule has 8 N–H and O–H groups in total. The number of nitrogens with one attached hydrogen (secondary N) is 2. The lowest BCUT2D eigenvalue weighted by atomic mass is 10.1. The monoisotopic (exact) mass is 486 g/mol. The maximum Gasteiger partial charge on any atom is 0.315 e. The van der Waals surface area contributed by atoms with Gasteiger partial charge in [0, 0.05) is 38.3 Å². The number of hydrogen-bond donors (Lipinski definition) is 3. The van der Waals surface area contributed by atoms with Crippen molar-refractivity contribution in [1.82, 2.24) is 15.5 Å². The van der Waals surface area contributed by atoms with Crippen LogP contribution in [0.15, 0.2) is 42.5 Å². The van der Waals surface area contributed by atoms with Crippen LogP contribution in [0.25, 0.3) is 0 Å². The van der Waals surface area contributed by atoms with E-state index >= 15 is 0 Å². The van der Waals surface area contributed by atoms with Gasteiger partial charge in [-0.3, -0.25) is 9.69 Å². The number of benzene rings is 2. The standard InChI is InChI=1S/C21H24Cl2N4O3.2H2O/c22-18-6-3-15(9-19(18)23)12-27-7-8-30-17(13-27)11-26-21(29)25-10-14-1-4-16(5-2-14)20(24)28;;/h1-6,9,17H,7-8,10-13H2,(H2,24,28)(H2,25,26,29);2*1H2. The summed E-state index contributed by atoms with van der Waals surface area (Å²) in [7, 11) is 0. The molecule has 1 unspecified atom stereocenters. The van der Waals surface area contributed by atoms with Gasteiger partial charge in [-0.15, -0.1) is 0 Å². The van der Waals surface area contributed by atoms with Crippen LogP contribution in [0.4, 0.5) is 4.79 Å². The molecule has 11 heteroatoms. The Morgan fingerprint density at radius 2 is 1.72 bits per heavy atom. The van der Waals surface area contributed by atoms with Crippen molar-refractivity contribution in [2.45, 2.75) is 19.2 Å². The first-order valence-electron chi connectivity index (χ1n) is 9.59. The number of hydrogen-bond acceptors (Lipinski definition) is 4. The van der Waals surface area contributed by atoms with Gasteiger partial charge in [0.15, 0.2) is 0 Å². The van der Waals surface area contributed by atoms with Crippen molar-refractivity contribution in [2.75, 3.05) is 26.2 Å². The lowest BCUT2D eigenvalue weighted by Crippen LogP contribution is -2.48. The first-order chi connectivity index (χ1) is 14.4. The number of halogens is 2. The van der Waals surface area contributed by atoms with Crippen molar-refractivity contribution in [2.24, 2.45) is 5.73 Å². The molecule has 0 radical (unpaired) electrons. The molecule has 2 aromatic carbocycles. The minimum absolute atomic E-state index is 0. The summed E-state index contributed by atoms with van der Waals surface area (Å²) in [5, 5.41) is 6.71. The number of primary amides is 1. The zero-order valence-corrected chi connectivity index (χ0v) is 18.9. The molecule has 0 bridgehead atoms. The number of nitrogens with two attached hydrogens (primary N) is 1. The summed E-state index contributed by atoms with van der Waals surface area (Å²) in [6.07, 6.45) is -0.0953. The third-order valence-electron chi connectivity index (χ3n) is 4.79. The number of rotatable bonds is 7. The number of amides is 3. The van der Waals surface area contributed by atoms with Gasteiger partial charge in [0.05, 0.1) is 22.8 Å². The second-order valence-corrected chi connectivity index (χ2v) is 7.92. The molecule has 1 aliphatic rings. The molecule has 9 nitrogen and oxygen atoms in total. The predicted octanol–water partition coefficient (Wildman–Crippen LogP) is 1.14. The summed E-state index contributed by atoms with van der Waals surface area (Å²) in [4.78, 5) is 25.4. The van der Waals surface area contributed by atoms with Crippen molar-refractivity contribution in [3.8, 4) is 0 Å². The van der Waals surface area contributed by atoms with Crippen molar-refractivity contribution in [1.29, 1.82) is 0 Å². The van der Waals surface area contributed by atoms with Crippen LogP contribution in [0.1, 0.15) is 21.5 Å². The summed E-state index contributed by atoms with van der Waals surface area (Å²) < 4.78 is 5.76. The molecule has 1 aliphatic heterocycles. The average molecular weight is 487 g/mol. The van der Waals surface area contributed by atoms with Gasteiger partial charge in [-0.1, -0.05) is 41.4 Å². The molecule has 2 aromatic rings. The Labute approximate surface area is 196 Å². The third kappa shape index (κ3) is 8.27. The van der Waals surface area contributed by atoms with Gasteiger partial charge >= 0.3 is 6.03 Å². The molecule has 0 aliphatic carbocycles. The Morgan fingerprint density at radius 3 is 2.38 bits per heavy atom. The number of morpholine rings is 1. The summed E-state index contributed by atoms with van der Waals surface area (Å²) in [5.74, 6) is -0.479. The number of urea groups is 1. The smallest absolute Gasteiger partial charge is 0.315 e. The van der Waals surface area contributed by atoms with Crippen LogP contribution in [0.5, 0.6) is 0 Å². The highest BCUT2D eigenvalue weighted by atomic mass is 35.5. The van der Waals surface area contributed by atoms with Crippen LogP contribution < -0.4 is 16.4 Å². The van der Waals surface area contributed by atoms with Gasteiger partial charge in [0.1, 0.15) is 0 Å². The lowest BCUT2D eigenvalue weighted by molar-refractivity contribution is -0.0287. The summed E-state index contributed by atoms with van der Waals surface area (Å²) >= 11 is 12.1. The first kappa shape index (κ1) is 27.6. The van der Waals surface area contributed by atoms with E-state index in [0.717, 1.165) is 24.2 Å². The molecule has 1 heterocycles. The lowest BCUT2D eigenvalue weighted by Gasteiger charge is -2.33. The Kier molecular flexibility index (Phi) is 11.4. The Morgan fingerprint density at radius 1 is 1.03 bits per heavy atom. The largest absolute Gasteiger partial charge is 0.412 e. The fourth-order valence-electron chi connectivity index (χ4n) is 3.18. The maximum absolute atomic E-state index is 12.1. The topological polar surface area (TPSA) is 160 Å². The molecule has 32 heavy (non-hydrogen) atoms. The van der Waals surface area contributed by atoms with Crippen LogP contribution in [0.3, 0.4) is 0 Å². The molecule has 3 amide bonds. The van der Waals surface area contributed by atoms with Gasteiger partial charge in [-0.25, -0.2) is 4.79 Å². The molecular weight excluding hydrogens is 459 g/mol. The van der Waals surface area contributed by atoms with Crippen LogP contribution in [-0.4, -0.2) is 60.1 Å². The SMILES string of the molecule is NC(=O)c1ccc(CNC(=O)NCC2CN(Cc3ccc(Cl)c(Cl)c3)CCO2)cc1.O.O. The zero-order valence-electron chi connectivity index (χ0n) is 17.4. The molecule has 1 atom stereocenters. The summed E-state index contributed by atoms with van der Waals surface area (Å²) in [6, 6.07) is 12.1.